The molecule has 1 aromatic rings. The molecule has 4 atom stereocenters. The third-order valence-electron chi connectivity index (χ3n) is 6.05. The smallest absolute Gasteiger partial charge is 0.224 e. The van der Waals surface area contributed by atoms with E-state index in [4.69, 9.17) is 14.5 Å². The zero-order chi connectivity index (χ0) is 16.8. The van der Waals surface area contributed by atoms with E-state index in [2.05, 4.69) is 22.5 Å². The lowest BCUT2D eigenvalue weighted by Gasteiger charge is -2.22. The van der Waals surface area contributed by atoms with Crippen molar-refractivity contribution in [2.45, 2.75) is 69.7 Å². The predicted octanol–water partition coefficient (Wildman–Crippen LogP) is 2.74. The van der Waals surface area contributed by atoms with E-state index in [1.54, 1.807) is 0 Å². The molecule has 4 unspecified atom stereocenters. The molecule has 0 amide bonds. The van der Waals surface area contributed by atoms with Crippen LogP contribution in [0.25, 0.3) is 0 Å². The van der Waals surface area contributed by atoms with Gasteiger partial charge in [-0.05, 0) is 57.3 Å². The SMILES string of the molecule is Cc1cnc(NC2CCOC2C2CC2)nc1NC1CCOC1C1CC1. The minimum absolute atomic E-state index is 0.337. The highest BCUT2D eigenvalue weighted by molar-refractivity contribution is 5.48. The molecular formula is C19H28N4O2. The Hall–Kier alpha value is -1.40. The topological polar surface area (TPSA) is 68.3 Å². The van der Waals surface area contributed by atoms with Gasteiger partial charge in [0.2, 0.25) is 5.95 Å². The number of aromatic nitrogens is 2. The average Bonchev–Trinajstić information content (AvgIpc) is 3.54. The van der Waals surface area contributed by atoms with Crippen molar-refractivity contribution in [3.63, 3.8) is 0 Å². The van der Waals surface area contributed by atoms with E-state index in [9.17, 15) is 0 Å². The molecule has 2 aliphatic heterocycles. The Morgan fingerprint density at radius 1 is 0.880 bits per heavy atom. The number of anilines is 2. The van der Waals surface area contributed by atoms with Crippen LogP contribution in [0, 0.1) is 18.8 Å². The summed E-state index contributed by atoms with van der Waals surface area (Å²) in [6.45, 7) is 3.77. The second kappa shape index (κ2) is 6.40. The van der Waals surface area contributed by atoms with E-state index in [0.29, 0.717) is 24.3 Å². The Morgan fingerprint density at radius 2 is 1.48 bits per heavy atom. The van der Waals surface area contributed by atoms with Crippen LogP contribution in [0.4, 0.5) is 11.8 Å². The summed E-state index contributed by atoms with van der Waals surface area (Å²) in [6, 6.07) is 0.722. The molecule has 1 aromatic heterocycles. The largest absolute Gasteiger partial charge is 0.376 e. The Bertz CT molecular complexity index is 632. The number of ether oxygens (including phenoxy) is 2. The van der Waals surface area contributed by atoms with E-state index in [0.717, 1.165) is 55.2 Å². The molecule has 2 saturated carbocycles. The molecule has 2 saturated heterocycles. The molecule has 4 fully saturated rings. The second-order valence-electron chi connectivity index (χ2n) is 8.15. The van der Waals surface area contributed by atoms with Crippen LogP contribution >= 0.6 is 0 Å². The molecule has 4 aliphatic rings. The number of rotatable bonds is 6. The first kappa shape index (κ1) is 15.8. The van der Waals surface area contributed by atoms with Crippen molar-refractivity contribution in [3.05, 3.63) is 11.8 Å². The number of hydrogen-bond acceptors (Lipinski definition) is 6. The zero-order valence-corrected chi connectivity index (χ0v) is 14.9. The van der Waals surface area contributed by atoms with Gasteiger partial charge in [0.25, 0.3) is 0 Å². The summed E-state index contributed by atoms with van der Waals surface area (Å²) >= 11 is 0. The number of nitrogens with zero attached hydrogens (tertiary/aromatic N) is 2. The van der Waals surface area contributed by atoms with Crippen molar-refractivity contribution in [2.24, 2.45) is 11.8 Å². The Balaban J connectivity index is 1.28. The molecule has 2 N–H and O–H groups in total. The van der Waals surface area contributed by atoms with Crippen molar-refractivity contribution >= 4 is 11.8 Å². The molecule has 6 nitrogen and oxygen atoms in total. The number of hydrogen-bond donors (Lipinski definition) is 2. The fraction of sp³-hybridized carbons (Fsp3) is 0.789. The molecule has 3 heterocycles. The lowest BCUT2D eigenvalue weighted by atomic mass is 10.1. The molecule has 0 spiro atoms. The van der Waals surface area contributed by atoms with E-state index in [1.807, 2.05) is 6.20 Å². The molecule has 25 heavy (non-hydrogen) atoms. The van der Waals surface area contributed by atoms with Gasteiger partial charge in [-0.2, -0.15) is 4.98 Å². The third kappa shape index (κ3) is 3.34. The van der Waals surface area contributed by atoms with Crippen LogP contribution in [0.3, 0.4) is 0 Å². The van der Waals surface area contributed by atoms with Gasteiger partial charge in [-0.25, -0.2) is 4.98 Å². The van der Waals surface area contributed by atoms with Gasteiger partial charge in [0.15, 0.2) is 0 Å². The van der Waals surface area contributed by atoms with Crippen LogP contribution in [0.5, 0.6) is 0 Å². The molecular weight excluding hydrogens is 316 g/mol. The Labute approximate surface area is 149 Å². The van der Waals surface area contributed by atoms with Crippen LogP contribution in [0.15, 0.2) is 6.20 Å². The monoisotopic (exact) mass is 344 g/mol. The highest BCUT2D eigenvalue weighted by Gasteiger charge is 2.42. The molecule has 136 valence electrons. The van der Waals surface area contributed by atoms with Crippen LogP contribution in [-0.4, -0.2) is 47.5 Å². The number of nitrogens with one attached hydrogen (secondary N) is 2. The molecule has 0 radical (unpaired) electrons. The van der Waals surface area contributed by atoms with Crippen molar-refractivity contribution in [3.8, 4) is 0 Å². The van der Waals surface area contributed by atoms with Gasteiger partial charge in [-0.3, -0.25) is 0 Å². The van der Waals surface area contributed by atoms with Gasteiger partial charge in [-0.1, -0.05) is 0 Å². The fourth-order valence-corrected chi connectivity index (χ4v) is 4.31. The summed E-state index contributed by atoms with van der Waals surface area (Å²) in [4.78, 5) is 9.29. The van der Waals surface area contributed by atoms with Crippen LogP contribution in [-0.2, 0) is 9.47 Å². The van der Waals surface area contributed by atoms with Crippen molar-refractivity contribution in [1.82, 2.24) is 9.97 Å². The van der Waals surface area contributed by atoms with E-state index >= 15 is 0 Å². The fourth-order valence-electron chi connectivity index (χ4n) is 4.31. The van der Waals surface area contributed by atoms with Gasteiger partial charge < -0.3 is 20.1 Å². The molecule has 0 bridgehead atoms. The van der Waals surface area contributed by atoms with E-state index < -0.39 is 0 Å². The summed E-state index contributed by atoms with van der Waals surface area (Å²) in [5, 5.41) is 7.18. The van der Waals surface area contributed by atoms with Gasteiger partial charge in [-0.15, -0.1) is 0 Å². The standard InChI is InChI=1S/C19H28N4O2/c1-11-10-20-19(22-15-7-9-25-17(15)13-4-5-13)23-18(11)21-14-6-8-24-16(14)12-2-3-12/h10,12-17H,2-9H2,1H3,(H2,20,21,22,23). The first-order chi connectivity index (χ1) is 12.3. The highest BCUT2D eigenvalue weighted by Crippen LogP contribution is 2.40. The van der Waals surface area contributed by atoms with Gasteiger partial charge >= 0.3 is 0 Å². The lowest BCUT2D eigenvalue weighted by molar-refractivity contribution is 0.0897. The molecule has 2 aliphatic carbocycles. The maximum absolute atomic E-state index is 5.95. The Morgan fingerprint density at radius 3 is 2.08 bits per heavy atom. The van der Waals surface area contributed by atoms with E-state index in [1.165, 1.54) is 25.7 Å². The quantitative estimate of drug-likeness (QED) is 0.827. The van der Waals surface area contributed by atoms with E-state index in [-0.39, 0.29) is 0 Å². The van der Waals surface area contributed by atoms with Crippen LogP contribution < -0.4 is 10.6 Å². The van der Waals surface area contributed by atoms with Crippen LogP contribution in [0.1, 0.15) is 44.1 Å². The van der Waals surface area contributed by atoms with Crippen molar-refractivity contribution in [2.75, 3.05) is 23.8 Å². The predicted molar refractivity (Wildman–Crippen MR) is 95.8 cm³/mol. The van der Waals surface area contributed by atoms with Gasteiger partial charge in [0.1, 0.15) is 5.82 Å². The zero-order valence-electron chi connectivity index (χ0n) is 14.9. The van der Waals surface area contributed by atoms with Gasteiger partial charge in [0.05, 0.1) is 24.3 Å². The minimum Gasteiger partial charge on any atom is -0.376 e. The molecule has 5 rings (SSSR count). The average molecular weight is 344 g/mol. The van der Waals surface area contributed by atoms with Crippen molar-refractivity contribution < 1.29 is 9.47 Å². The summed E-state index contributed by atoms with van der Waals surface area (Å²) in [6.07, 6.45) is 9.93. The minimum atomic E-state index is 0.337. The first-order valence-electron chi connectivity index (χ1n) is 9.88. The highest BCUT2D eigenvalue weighted by atomic mass is 16.5. The maximum atomic E-state index is 5.95. The second-order valence-corrected chi connectivity index (χ2v) is 8.15. The summed E-state index contributed by atoms with van der Waals surface area (Å²) in [7, 11) is 0. The normalized spacial score (nSPS) is 35.1. The lowest BCUT2D eigenvalue weighted by Crippen LogP contribution is -2.33. The van der Waals surface area contributed by atoms with Crippen LogP contribution in [0.2, 0.25) is 0 Å². The summed E-state index contributed by atoms with van der Waals surface area (Å²) in [5.41, 5.74) is 1.09. The van der Waals surface area contributed by atoms with Gasteiger partial charge in [0, 0.05) is 25.0 Å². The molecule has 6 heteroatoms. The maximum Gasteiger partial charge on any atom is 0.224 e. The number of aryl methyl sites for hydroxylation is 1. The Kier molecular flexibility index (Phi) is 4.05. The third-order valence-corrected chi connectivity index (χ3v) is 6.05. The summed E-state index contributed by atoms with van der Waals surface area (Å²) in [5.74, 6) is 3.14. The summed E-state index contributed by atoms with van der Waals surface area (Å²) < 4.78 is 11.9. The van der Waals surface area contributed by atoms with Crippen molar-refractivity contribution in [1.29, 1.82) is 0 Å². The first-order valence-corrected chi connectivity index (χ1v) is 9.88. The molecule has 0 aromatic carbocycles.